The van der Waals surface area contributed by atoms with Crippen LogP contribution in [0.4, 0.5) is 0 Å². The third-order valence-corrected chi connectivity index (χ3v) is 8.84. The molecule has 1 N–H and O–H groups in total. The van der Waals surface area contributed by atoms with E-state index in [1.807, 2.05) is 6.92 Å². The number of hydrogen-bond acceptors (Lipinski definition) is 2. The fourth-order valence-electron chi connectivity index (χ4n) is 5.87. The summed E-state index contributed by atoms with van der Waals surface area (Å²) in [6, 6.07) is 0. The van der Waals surface area contributed by atoms with Gasteiger partial charge in [0.15, 0.2) is 0 Å². The third kappa shape index (κ3) is 35.6. The third-order valence-electron chi connectivity index (χ3n) is 8.84. The van der Waals surface area contributed by atoms with Crippen LogP contribution in [0.25, 0.3) is 0 Å². The summed E-state index contributed by atoms with van der Waals surface area (Å²) < 4.78 is 0. The molecule has 2 heteroatoms. The highest BCUT2D eigenvalue weighted by Gasteiger charge is 2.07. The van der Waals surface area contributed by atoms with Crippen molar-refractivity contribution in [2.24, 2.45) is 0 Å². The number of unbranched alkanes of at least 4 members (excludes halogenated alkanes) is 24. The molecule has 0 aliphatic heterocycles. The molecule has 1 atom stereocenters. The van der Waals surface area contributed by atoms with Crippen molar-refractivity contribution in [2.75, 3.05) is 19.6 Å². The Kier molecular flexibility index (Phi) is 36.1. The smallest absolute Gasteiger partial charge is 0.0524 e. The fraction of sp³-hybridized carbons (Fsp3) is 0.900. The molecule has 0 aliphatic carbocycles. The van der Waals surface area contributed by atoms with E-state index in [1.165, 1.54) is 193 Å². The van der Waals surface area contributed by atoms with E-state index in [-0.39, 0.29) is 6.10 Å². The molecule has 1 unspecified atom stereocenters. The monoisotopic (exact) mass is 590 g/mol. The predicted octanol–water partition coefficient (Wildman–Crippen LogP) is 13.1. The van der Waals surface area contributed by atoms with Crippen LogP contribution >= 0.6 is 0 Å². The summed E-state index contributed by atoms with van der Waals surface area (Å²) in [6.45, 7) is 10.0. The van der Waals surface area contributed by atoms with Crippen LogP contribution in [0.3, 0.4) is 0 Å². The molecule has 0 saturated carbocycles. The zero-order valence-electron chi connectivity index (χ0n) is 29.4. The first-order valence-electron chi connectivity index (χ1n) is 19.4. The minimum atomic E-state index is -0.174. The van der Waals surface area contributed by atoms with Crippen LogP contribution in [-0.4, -0.2) is 35.7 Å². The highest BCUT2D eigenvalue weighted by molar-refractivity contribution is 4.82. The topological polar surface area (TPSA) is 23.5 Å². The van der Waals surface area contributed by atoms with Gasteiger partial charge >= 0.3 is 0 Å². The van der Waals surface area contributed by atoms with Gasteiger partial charge in [-0.3, -0.25) is 0 Å². The van der Waals surface area contributed by atoms with E-state index in [1.54, 1.807) is 0 Å². The summed E-state index contributed by atoms with van der Waals surface area (Å²) in [6.07, 6.45) is 48.9. The second-order valence-electron chi connectivity index (χ2n) is 13.4. The quantitative estimate of drug-likeness (QED) is 0.0587. The summed E-state index contributed by atoms with van der Waals surface area (Å²) in [5.74, 6) is 0. The van der Waals surface area contributed by atoms with Crippen LogP contribution in [0.1, 0.15) is 207 Å². The average Bonchev–Trinajstić information content (AvgIpc) is 2.98. The number of nitrogens with zero attached hydrogens (tertiary/aromatic N) is 1. The number of aliphatic hydroxyl groups is 1. The van der Waals surface area contributed by atoms with E-state index >= 15 is 0 Å². The molecule has 0 aromatic heterocycles. The molecule has 0 rings (SSSR count). The largest absolute Gasteiger partial charge is 0.393 e. The summed E-state index contributed by atoms with van der Waals surface area (Å²) in [7, 11) is 0. The van der Waals surface area contributed by atoms with Crippen LogP contribution in [0.2, 0.25) is 0 Å². The van der Waals surface area contributed by atoms with Gasteiger partial charge in [-0.15, -0.1) is 0 Å². The van der Waals surface area contributed by atoms with Gasteiger partial charge in [-0.25, -0.2) is 0 Å². The van der Waals surface area contributed by atoms with Gasteiger partial charge in [-0.1, -0.05) is 154 Å². The first kappa shape index (κ1) is 41.4. The minimum Gasteiger partial charge on any atom is -0.393 e. The summed E-state index contributed by atoms with van der Waals surface area (Å²) in [5.41, 5.74) is 0. The van der Waals surface area contributed by atoms with E-state index in [2.05, 4.69) is 43.1 Å². The Labute approximate surface area is 266 Å². The summed E-state index contributed by atoms with van der Waals surface area (Å²) >= 11 is 0. The maximum Gasteiger partial charge on any atom is 0.0524 e. The van der Waals surface area contributed by atoms with Crippen LogP contribution in [0, 0.1) is 0 Å². The van der Waals surface area contributed by atoms with Crippen LogP contribution < -0.4 is 0 Å². The van der Waals surface area contributed by atoms with Gasteiger partial charge in [0.2, 0.25) is 0 Å². The summed E-state index contributed by atoms with van der Waals surface area (Å²) in [4.78, 5) is 2.63. The zero-order valence-corrected chi connectivity index (χ0v) is 29.4. The Morgan fingerprint density at radius 1 is 0.405 bits per heavy atom. The normalized spacial score (nSPS) is 12.9. The van der Waals surface area contributed by atoms with E-state index in [0.29, 0.717) is 0 Å². The van der Waals surface area contributed by atoms with Crippen molar-refractivity contribution in [1.29, 1.82) is 0 Å². The number of rotatable bonds is 35. The van der Waals surface area contributed by atoms with Crippen molar-refractivity contribution in [3.05, 3.63) is 24.3 Å². The molecular weight excluding hydrogens is 510 g/mol. The molecular formula is C40H79NO. The van der Waals surface area contributed by atoms with Gasteiger partial charge < -0.3 is 10.0 Å². The average molecular weight is 590 g/mol. The van der Waals surface area contributed by atoms with Gasteiger partial charge in [0.1, 0.15) is 0 Å². The molecule has 0 radical (unpaired) electrons. The lowest BCUT2D eigenvalue weighted by molar-refractivity contribution is 0.154. The van der Waals surface area contributed by atoms with Crippen molar-refractivity contribution >= 4 is 0 Å². The minimum absolute atomic E-state index is 0.174. The van der Waals surface area contributed by atoms with Gasteiger partial charge in [0, 0.05) is 6.54 Å². The lowest BCUT2D eigenvalue weighted by Crippen LogP contribution is -2.29. The lowest BCUT2D eigenvalue weighted by Gasteiger charge is -2.23. The zero-order chi connectivity index (χ0) is 30.6. The molecule has 0 saturated heterocycles. The second kappa shape index (κ2) is 36.6. The number of aliphatic hydroxyl groups excluding tert-OH is 1. The van der Waals surface area contributed by atoms with E-state index in [0.717, 1.165) is 13.0 Å². The van der Waals surface area contributed by atoms with Gasteiger partial charge in [-0.05, 0) is 90.6 Å². The van der Waals surface area contributed by atoms with Crippen molar-refractivity contribution in [3.8, 4) is 0 Å². The van der Waals surface area contributed by atoms with Crippen molar-refractivity contribution in [1.82, 2.24) is 4.90 Å². The van der Waals surface area contributed by atoms with E-state index < -0.39 is 0 Å². The van der Waals surface area contributed by atoms with Crippen molar-refractivity contribution in [2.45, 2.75) is 213 Å². The van der Waals surface area contributed by atoms with Gasteiger partial charge in [0.25, 0.3) is 0 Å². The maximum absolute atomic E-state index is 9.79. The van der Waals surface area contributed by atoms with Gasteiger partial charge in [0.05, 0.1) is 6.10 Å². The molecule has 0 aliphatic rings. The first-order chi connectivity index (χ1) is 20.7. The molecule has 0 aromatic carbocycles. The Hall–Kier alpha value is -0.600. The standard InChI is InChI=1S/C40H79NO/c1-4-6-8-10-12-14-16-18-20-22-24-26-28-30-32-34-37-41(39-36-40(3)42)38-35-33-31-29-27-25-23-21-19-17-15-13-11-9-7-5-2/h18-21,40,42H,4-17,22-39H2,1-3H3/b20-18-,21-19-. The van der Waals surface area contributed by atoms with Gasteiger partial charge in [-0.2, -0.15) is 0 Å². The van der Waals surface area contributed by atoms with E-state index in [4.69, 9.17) is 0 Å². The number of hydrogen-bond donors (Lipinski definition) is 1. The van der Waals surface area contributed by atoms with Crippen LogP contribution in [-0.2, 0) is 0 Å². The lowest BCUT2D eigenvalue weighted by atomic mass is 10.1. The van der Waals surface area contributed by atoms with E-state index in [9.17, 15) is 5.11 Å². The molecule has 0 spiro atoms. The predicted molar refractivity (Wildman–Crippen MR) is 192 cm³/mol. The molecule has 0 amide bonds. The fourth-order valence-corrected chi connectivity index (χ4v) is 5.87. The molecule has 250 valence electrons. The molecule has 0 fully saturated rings. The Morgan fingerprint density at radius 3 is 1.00 bits per heavy atom. The highest BCUT2D eigenvalue weighted by atomic mass is 16.3. The Bertz CT molecular complexity index is 498. The molecule has 2 nitrogen and oxygen atoms in total. The number of allylic oxidation sites excluding steroid dienone is 4. The van der Waals surface area contributed by atoms with Crippen LogP contribution in [0.15, 0.2) is 24.3 Å². The highest BCUT2D eigenvalue weighted by Crippen LogP contribution is 2.13. The first-order valence-corrected chi connectivity index (χ1v) is 19.4. The van der Waals surface area contributed by atoms with Crippen molar-refractivity contribution in [3.63, 3.8) is 0 Å². The molecule has 0 bridgehead atoms. The Balaban J connectivity index is 3.63. The van der Waals surface area contributed by atoms with Crippen molar-refractivity contribution < 1.29 is 5.11 Å². The summed E-state index contributed by atoms with van der Waals surface area (Å²) in [5, 5.41) is 9.79. The molecule has 42 heavy (non-hydrogen) atoms. The maximum atomic E-state index is 9.79. The Morgan fingerprint density at radius 2 is 0.690 bits per heavy atom. The second-order valence-corrected chi connectivity index (χ2v) is 13.4. The van der Waals surface area contributed by atoms with Crippen LogP contribution in [0.5, 0.6) is 0 Å². The molecule has 0 heterocycles. The SMILES string of the molecule is CCCCCCCC/C=C\CCCCCCCCN(CCCCCCCC/C=C\CCCCCCCC)CCC(C)O. The molecule has 0 aromatic rings.